The number of benzene rings is 1. The molecule has 0 aliphatic carbocycles. The average molecular weight is 401 g/mol. The molecule has 1 aliphatic rings. The molecule has 1 atom stereocenters. The Kier molecular flexibility index (Phi) is 5.81. The van der Waals surface area contributed by atoms with E-state index in [2.05, 4.69) is 15.7 Å². The van der Waals surface area contributed by atoms with Crippen molar-refractivity contribution in [2.75, 3.05) is 18.5 Å². The number of ether oxygens (including phenoxy) is 2. The van der Waals surface area contributed by atoms with Crippen molar-refractivity contribution in [3.05, 3.63) is 52.2 Å². The molecule has 2 aromatic heterocycles. The van der Waals surface area contributed by atoms with Gasteiger partial charge in [0.2, 0.25) is 5.91 Å². The molecule has 1 amide bonds. The van der Waals surface area contributed by atoms with E-state index in [0.717, 1.165) is 47.2 Å². The van der Waals surface area contributed by atoms with E-state index < -0.39 is 0 Å². The molecular formula is C20H20N2O3S2. The van der Waals surface area contributed by atoms with Crippen molar-refractivity contribution in [3.8, 4) is 16.3 Å². The van der Waals surface area contributed by atoms with Gasteiger partial charge in [0.05, 0.1) is 18.2 Å². The number of nitrogens with zero attached hydrogens (tertiary/aromatic N) is 1. The number of aromatic nitrogens is 1. The molecule has 1 fully saturated rings. The third-order valence-corrected chi connectivity index (χ3v) is 5.86. The van der Waals surface area contributed by atoms with E-state index in [0.29, 0.717) is 6.61 Å². The second-order valence-electron chi connectivity index (χ2n) is 6.35. The van der Waals surface area contributed by atoms with E-state index in [9.17, 15) is 4.79 Å². The van der Waals surface area contributed by atoms with Crippen LogP contribution in [0.15, 0.2) is 46.5 Å². The zero-order valence-corrected chi connectivity index (χ0v) is 16.4. The number of hydrogen-bond donors (Lipinski definition) is 1. The van der Waals surface area contributed by atoms with Gasteiger partial charge in [-0.25, -0.2) is 4.98 Å². The molecule has 0 bridgehead atoms. The van der Waals surface area contributed by atoms with E-state index in [-0.39, 0.29) is 18.4 Å². The summed E-state index contributed by atoms with van der Waals surface area (Å²) in [5.41, 5.74) is 2.61. The van der Waals surface area contributed by atoms with Gasteiger partial charge in [-0.2, -0.15) is 11.3 Å². The van der Waals surface area contributed by atoms with Crippen LogP contribution >= 0.6 is 22.7 Å². The zero-order chi connectivity index (χ0) is 18.5. The number of carbonyl (C=O) groups excluding carboxylic acids is 1. The Morgan fingerprint density at radius 1 is 1.33 bits per heavy atom. The van der Waals surface area contributed by atoms with Gasteiger partial charge in [-0.3, -0.25) is 4.79 Å². The fourth-order valence-electron chi connectivity index (χ4n) is 2.91. The van der Waals surface area contributed by atoms with Crippen molar-refractivity contribution in [2.45, 2.75) is 25.4 Å². The predicted octanol–water partition coefficient (Wildman–Crippen LogP) is 4.61. The number of rotatable bonds is 7. The molecule has 1 aliphatic heterocycles. The lowest BCUT2D eigenvalue weighted by molar-refractivity contribution is -0.115. The molecule has 4 rings (SSSR count). The van der Waals surface area contributed by atoms with Gasteiger partial charge in [0.1, 0.15) is 17.4 Å². The van der Waals surface area contributed by atoms with Crippen LogP contribution in [0, 0.1) is 0 Å². The highest BCUT2D eigenvalue weighted by atomic mass is 32.1. The molecule has 1 N–H and O–H groups in total. The Morgan fingerprint density at radius 2 is 2.30 bits per heavy atom. The second kappa shape index (κ2) is 8.65. The molecule has 27 heavy (non-hydrogen) atoms. The molecule has 0 radical (unpaired) electrons. The maximum absolute atomic E-state index is 12.4. The number of nitrogens with one attached hydrogen (secondary N) is 1. The summed E-state index contributed by atoms with van der Waals surface area (Å²) in [5.74, 6) is 0.644. The van der Waals surface area contributed by atoms with Gasteiger partial charge < -0.3 is 14.8 Å². The smallest absolute Gasteiger partial charge is 0.230 e. The number of hydrogen-bond acceptors (Lipinski definition) is 6. The van der Waals surface area contributed by atoms with Crippen LogP contribution in [0.2, 0.25) is 0 Å². The zero-order valence-electron chi connectivity index (χ0n) is 14.7. The Hall–Kier alpha value is -2.22. The first-order chi connectivity index (χ1) is 13.3. The van der Waals surface area contributed by atoms with Crippen LogP contribution < -0.4 is 10.1 Å². The third-order valence-electron chi connectivity index (χ3n) is 4.24. The largest absolute Gasteiger partial charge is 0.491 e. The number of amides is 1. The number of thiophene rings is 1. The van der Waals surface area contributed by atoms with Crippen molar-refractivity contribution in [3.63, 3.8) is 0 Å². The Bertz CT molecular complexity index is 886. The van der Waals surface area contributed by atoms with Crippen LogP contribution in [0.5, 0.6) is 5.75 Å². The second-order valence-corrected chi connectivity index (χ2v) is 7.99. The molecule has 140 valence electrons. The highest BCUT2D eigenvalue weighted by Crippen LogP contribution is 2.26. The summed E-state index contributed by atoms with van der Waals surface area (Å²) in [4.78, 5) is 16.9. The van der Waals surface area contributed by atoms with E-state index in [1.165, 1.54) is 0 Å². The standard InChI is InChI=1S/C20H20N2O3S2/c23-19(10-16-13-27-20(22-16)14-6-8-26-12-14)21-15-3-1-4-17(9-15)25-11-18-5-2-7-24-18/h1,3-4,6,8-9,12-13,18H,2,5,7,10-11H2,(H,21,23). The summed E-state index contributed by atoms with van der Waals surface area (Å²) in [6, 6.07) is 9.49. The Morgan fingerprint density at radius 3 is 3.11 bits per heavy atom. The Balaban J connectivity index is 1.32. The van der Waals surface area contributed by atoms with Crippen molar-refractivity contribution in [1.29, 1.82) is 0 Å². The number of thiazole rings is 1. The van der Waals surface area contributed by atoms with Gasteiger partial charge in [0, 0.05) is 34.7 Å². The quantitative estimate of drug-likeness (QED) is 0.629. The summed E-state index contributed by atoms with van der Waals surface area (Å²) < 4.78 is 11.4. The number of anilines is 1. The third kappa shape index (κ3) is 4.94. The predicted molar refractivity (Wildman–Crippen MR) is 109 cm³/mol. The van der Waals surface area contributed by atoms with Crippen LogP contribution in [0.25, 0.3) is 10.6 Å². The van der Waals surface area contributed by atoms with E-state index in [4.69, 9.17) is 9.47 Å². The summed E-state index contributed by atoms with van der Waals surface area (Å²) in [7, 11) is 0. The molecule has 3 heterocycles. The minimum atomic E-state index is -0.0894. The first kappa shape index (κ1) is 18.2. The van der Waals surface area contributed by atoms with E-state index >= 15 is 0 Å². The molecular weight excluding hydrogens is 380 g/mol. The van der Waals surface area contributed by atoms with Crippen molar-refractivity contribution in [1.82, 2.24) is 4.98 Å². The molecule has 0 saturated carbocycles. The first-order valence-corrected chi connectivity index (χ1v) is 10.7. The van der Waals surface area contributed by atoms with Gasteiger partial charge in [-0.15, -0.1) is 11.3 Å². The Labute approximate surface area is 166 Å². The van der Waals surface area contributed by atoms with Crippen LogP contribution in [-0.2, 0) is 16.0 Å². The van der Waals surface area contributed by atoms with Gasteiger partial charge in [0.15, 0.2) is 0 Å². The monoisotopic (exact) mass is 400 g/mol. The topological polar surface area (TPSA) is 60.5 Å². The first-order valence-electron chi connectivity index (χ1n) is 8.87. The summed E-state index contributed by atoms with van der Waals surface area (Å²) in [6.45, 7) is 1.36. The average Bonchev–Trinajstić information content (AvgIpc) is 3.42. The minimum Gasteiger partial charge on any atom is -0.491 e. The highest BCUT2D eigenvalue weighted by molar-refractivity contribution is 7.14. The summed E-state index contributed by atoms with van der Waals surface area (Å²) in [5, 5.41) is 9.89. The lowest BCUT2D eigenvalue weighted by Crippen LogP contribution is -2.17. The van der Waals surface area contributed by atoms with Gasteiger partial charge >= 0.3 is 0 Å². The fourth-order valence-corrected chi connectivity index (χ4v) is 4.44. The highest BCUT2D eigenvalue weighted by Gasteiger charge is 2.16. The summed E-state index contributed by atoms with van der Waals surface area (Å²) >= 11 is 3.20. The van der Waals surface area contributed by atoms with E-state index in [1.807, 2.05) is 41.1 Å². The van der Waals surface area contributed by atoms with Crippen molar-refractivity contribution >= 4 is 34.3 Å². The molecule has 0 spiro atoms. The molecule has 3 aromatic rings. The minimum absolute atomic E-state index is 0.0894. The van der Waals surface area contributed by atoms with Crippen LogP contribution in [-0.4, -0.2) is 30.2 Å². The van der Waals surface area contributed by atoms with Crippen molar-refractivity contribution in [2.24, 2.45) is 0 Å². The van der Waals surface area contributed by atoms with Crippen LogP contribution in [0.3, 0.4) is 0 Å². The van der Waals surface area contributed by atoms with E-state index in [1.54, 1.807) is 22.7 Å². The van der Waals surface area contributed by atoms with Crippen LogP contribution in [0.1, 0.15) is 18.5 Å². The van der Waals surface area contributed by atoms with Gasteiger partial charge in [-0.1, -0.05) is 6.07 Å². The molecule has 1 aromatic carbocycles. The van der Waals surface area contributed by atoms with Gasteiger partial charge in [-0.05, 0) is 36.4 Å². The lowest BCUT2D eigenvalue weighted by atomic mass is 10.2. The normalized spacial score (nSPS) is 16.4. The molecule has 5 nitrogen and oxygen atoms in total. The molecule has 1 saturated heterocycles. The summed E-state index contributed by atoms with van der Waals surface area (Å²) in [6.07, 6.45) is 2.55. The molecule has 7 heteroatoms. The maximum Gasteiger partial charge on any atom is 0.230 e. The fraction of sp³-hybridized carbons (Fsp3) is 0.300. The van der Waals surface area contributed by atoms with Crippen molar-refractivity contribution < 1.29 is 14.3 Å². The van der Waals surface area contributed by atoms with Crippen LogP contribution in [0.4, 0.5) is 5.69 Å². The molecule has 1 unspecified atom stereocenters. The maximum atomic E-state index is 12.4. The number of carbonyl (C=O) groups is 1. The van der Waals surface area contributed by atoms with Gasteiger partial charge in [0.25, 0.3) is 0 Å². The lowest BCUT2D eigenvalue weighted by Gasteiger charge is -2.12. The SMILES string of the molecule is O=C(Cc1csc(-c2ccsc2)n1)Nc1cccc(OCC2CCCO2)c1.